The van der Waals surface area contributed by atoms with Crippen LogP contribution < -0.4 is 5.73 Å². The van der Waals surface area contributed by atoms with E-state index in [0.29, 0.717) is 18.7 Å². The highest BCUT2D eigenvalue weighted by molar-refractivity contribution is 14.1. The SMILES string of the molecule is Nc1c(I)cnn1C1CCCC(C(F)(F)F)C1. The van der Waals surface area contributed by atoms with Crippen molar-refractivity contribution in [2.75, 3.05) is 5.73 Å². The van der Waals surface area contributed by atoms with E-state index in [0.717, 1.165) is 3.57 Å². The van der Waals surface area contributed by atoms with Crippen molar-refractivity contribution in [1.82, 2.24) is 9.78 Å². The molecule has 0 radical (unpaired) electrons. The standard InChI is InChI=1S/C10H13F3IN3/c11-10(12,13)6-2-1-3-7(4-6)17-9(15)8(14)5-16-17/h5-7H,1-4,15H2. The zero-order valence-electron chi connectivity index (χ0n) is 9.04. The second kappa shape index (κ2) is 4.66. The number of aromatic nitrogens is 2. The van der Waals surface area contributed by atoms with Crippen molar-refractivity contribution in [3.8, 4) is 0 Å². The maximum Gasteiger partial charge on any atom is 0.391 e. The largest absolute Gasteiger partial charge is 0.391 e. The molecule has 0 spiro atoms. The van der Waals surface area contributed by atoms with Gasteiger partial charge in [-0.1, -0.05) is 6.42 Å². The fourth-order valence-corrected chi connectivity index (χ4v) is 2.70. The predicted octanol–water partition coefficient (Wildman–Crippen LogP) is 3.36. The lowest BCUT2D eigenvalue weighted by Crippen LogP contribution is -2.30. The van der Waals surface area contributed by atoms with Crippen LogP contribution in [0.1, 0.15) is 31.7 Å². The number of halogens is 4. The van der Waals surface area contributed by atoms with Gasteiger partial charge in [0.05, 0.1) is 21.7 Å². The van der Waals surface area contributed by atoms with Crippen molar-refractivity contribution >= 4 is 28.4 Å². The molecule has 2 N–H and O–H groups in total. The number of nitrogens with two attached hydrogens (primary N) is 1. The zero-order chi connectivity index (χ0) is 12.6. The molecule has 2 unspecified atom stereocenters. The van der Waals surface area contributed by atoms with Gasteiger partial charge in [-0.05, 0) is 41.9 Å². The van der Waals surface area contributed by atoms with E-state index in [-0.39, 0.29) is 18.9 Å². The summed E-state index contributed by atoms with van der Waals surface area (Å²) in [5.74, 6) is -0.749. The fraction of sp³-hybridized carbons (Fsp3) is 0.700. The van der Waals surface area contributed by atoms with Crippen molar-refractivity contribution in [3.05, 3.63) is 9.77 Å². The van der Waals surface area contributed by atoms with Gasteiger partial charge in [0.2, 0.25) is 0 Å². The van der Waals surface area contributed by atoms with Gasteiger partial charge in [-0.3, -0.25) is 0 Å². The van der Waals surface area contributed by atoms with Gasteiger partial charge >= 0.3 is 6.18 Å². The molecule has 3 nitrogen and oxygen atoms in total. The Balaban J connectivity index is 2.15. The lowest BCUT2D eigenvalue weighted by atomic mass is 9.85. The average Bonchev–Trinajstić information content (AvgIpc) is 2.59. The van der Waals surface area contributed by atoms with Gasteiger partial charge in [-0.2, -0.15) is 18.3 Å². The number of hydrogen-bond donors (Lipinski definition) is 1. The molecule has 1 aromatic rings. The minimum Gasteiger partial charge on any atom is -0.383 e. The molecule has 2 atom stereocenters. The van der Waals surface area contributed by atoms with Gasteiger partial charge < -0.3 is 5.73 Å². The molecule has 1 aliphatic rings. The molecule has 1 fully saturated rings. The first-order chi connectivity index (χ1) is 7.89. The summed E-state index contributed by atoms with van der Waals surface area (Å²) < 4.78 is 40.4. The molecule has 0 aliphatic heterocycles. The van der Waals surface area contributed by atoms with Crippen LogP contribution in [-0.4, -0.2) is 16.0 Å². The smallest absolute Gasteiger partial charge is 0.383 e. The lowest BCUT2D eigenvalue weighted by Gasteiger charge is -2.31. The highest BCUT2D eigenvalue weighted by Gasteiger charge is 2.42. The molecule has 2 rings (SSSR count). The number of nitrogen functional groups attached to an aromatic ring is 1. The van der Waals surface area contributed by atoms with Crippen molar-refractivity contribution < 1.29 is 13.2 Å². The van der Waals surface area contributed by atoms with Gasteiger partial charge in [-0.25, -0.2) is 4.68 Å². The number of nitrogens with zero attached hydrogens (tertiary/aromatic N) is 2. The summed E-state index contributed by atoms with van der Waals surface area (Å²) >= 11 is 2.03. The Labute approximate surface area is 111 Å². The molecule has 1 aromatic heterocycles. The van der Waals surface area contributed by atoms with Gasteiger partial charge in [0.1, 0.15) is 5.82 Å². The Hall–Kier alpha value is -0.470. The van der Waals surface area contributed by atoms with E-state index in [1.165, 1.54) is 0 Å². The summed E-state index contributed by atoms with van der Waals surface area (Å²) in [7, 11) is 0. The molecule has 17 heavy (non-hydrogen) atoms. The van der Waals surface area contributed by atoms with Crippen LogP contribution in [0.4, 0.5) is 19.0 Å². The van der Waals surface area contributed by atoms with Crippen LogP contribution in [0.2, 0.25) is 0 Å². The minimum absolute atomic E-state index is 0.0888. The fourth-order valence-electron chi connectivity index (χ4n) is 2.33. The Bertz CT molecular complexity index is 402. The summed E-state index contributed by atoms with van der Waals surface area (Å²) in [4.78, 5) is 0. The van der Waals surface area contributed by atoms with E-state index >= 15 is 0 Å². The van der Waals surface area contributed by atoms with Crippen LogP contribution >= 0.6 is 22.6 Å². The molecule has 0 amide bonds. The van der Waals surface area contributed by atoms with Crippen molar-refractivity contribution in [2.24, 2.45) is 5.92 Å². The maximum atomic E-state index is 12.7. The van der Waals surface area contributed by atoms with Gasteiger partial charge in [0.15, 0.2) is 0 Å². The molecular weight excluding hydrogens is 346 g/mol. The predicted molar refractivity (Wildman–Crippen MR) is 66.4 cm³/mol. The van der Waals surface area contributed by atoms with Crippen LogP contribution in [0.25, 0.3) is 0 Å². The normalized spacial score (nSPS) is 26.1. The zero-order valence-corrected chi connectivity index (χ0v) is 11.2. The first-order valence-corrected chi connectivity index (χ1v) is 6.52. The number of alkyl halides is 3. The van der Waals surface area contributed by atoms with Gasteiger partial charge in [0.25, 0.3) is 0 Å². The molecule has 0 bridgehead atoms. The highest BCUT2D eigenvalue weighted by atomic mass is 127. The quantitative estimate of drug-likeness (QED) is 0.782. The molecular formula is C10H13F3IN3. The Morgan fingerprint density at radius 1 is 1.41 bits per heavy atom. The summed E-state index contributed by atoms with van der Waals surface area (Å²) in [6, 6.07) is -0.223. The van der Waals surface area contributed by atoms with E-state index in [1.807, 2.05) is 22.6 Å². The third-order valence-corrected chi connectivity index (χ3v) is 4.07. The molecule has 7 heteroatoms. The summed E-state index contributed by atoms with van der Waals surface area (Å²) in [5, 5.41) is 4.07. The van der Waals surface area contributed by atoms with Crippen molar-refractivity contribution in [3.63, 3.8) is 0 Å². The van der Waals surface area contributed by atoms with Gasteiger partial charge in [-0.15, -0.1) is 0 Å². The highest BCUT2D eigenvalue weighted by Crippen LogP contribution is 2.42. The topological polar surface area (TPSA) is 43.8 Å². The van der Waals surface area contributed by atoms with Crippen LogP contribution in [0.15, 0.2) is 6.20 Å². The van der Waals surface area contributed by atoms with E-state index in [1.54, 1.807) is 10.9 Å². The molecule has 0 saturated heterocycles. The van der Waals surface area contributed by atoms with Crippen molar-refractivity contribution in [1.29, 1.82) is 0 Å². The third-order valence-electron chi connectivity index (χ3n) is 3.24. The first-order valence-electron chi connectivity index (χ1n) is 5.44. The monoisotopic (exact) mass is 359 g/mol. The van der Waals surface area contributed by atoms with Crippen LogP contribution in [0.3, 0.4) is 0 Å². The second-order valence-electron chi connectivity index (χ2n) is 4.38. The van der Waals surface area contributed by atoms with Crippen LogP contribution in [0.5, 0.6) is 0 Å². The lowest BCUT2D eigenvalue weighted by molar-refractivity contribution is -0.185. The summed E-state index contributed by atoms with van der Waals surface area (Å²) in [5.41, 5.74) is 5.80. The average molecular weight is 359 g/mol. The van der Waals surface area contributed by atoms with E-state index < -0.39 is 12.1 Å². The molecule has 1 aliphatic carbocycles. The van der Waals surface area contributed by atoms with Gasteiger partial charge in [0, 0.05) is 0 Å². The minimum atomic E-state index is -4.10. The Morgan fingerprint density at radius 2 is 2.12 bits per heavy atom. The number of rotatable bonds is 1. The molecule has 1 saturated carbocycles. The first kappa shape index (κ1) is 13.0. The summed E-state index contributed by atoms with van der Waals surface area (Å²) in [6.45, 7) is 0. The number of anilines is 1. The molecule has 1 heterocycles. The van der Waals surface area contributed by atoms with Crippen molar-refractivity contribution in [2.45, 2.75) is 37.9 Å². The third kappa shape index (κ3) is 2.69. The molecule has 96 valence electrons. The number of hydrogen-bond acceptors (Lipinski definition) is 2. The molecule has 0 aromatic carbocycles. The summed E-state index contributed by atoms with van der Waals surface area (Å²) in [6.07, 6.45) is -0.913. The van der Waals surface area contributed by atoms with E-state index in [9.17, 15) is 13.2 Å². The van der Waals surface area contributed by atoms with Crippen LogP contribution in [0, 0.1) is 9.49 Å². The maximum absolute atomic E-state index is 12.7. The second-order valence-corrected chi connectivity index (χ2v) is 5.54. The van der Waals surface area contributed by atoms with E-state index in [4.69, 9.17) is 5.73 Å². The Kier molecular flexibility index (Phi) is 3.55. The Morgan fingerprint density at radius 3 is 2.65 bits per heavy atom. The van der Waals surface area contributed by atoms with Crippen LogP contribution in [-0.2, 0) is 0 Å². The van der Waals surface area contributed by atoms with E-state index in [2.05, 4.69) is 5.10 Å².